The second-order valence-corrected chi connectivity index (χ2v) is 9.15. The van der Waals surface area contributed by atoms with Crippen LogP contribution < -0.4 is 4.74 Å². The zero-order chi connectivity index (χ0) is 21.1. The molecule has 0 fully saturated rings. The fourth-order valence-corrected chi connectivity index (χ4v) is 4.95. The first-order valence-corrected chi connectivity index (χ1v) is 11.2. The summed E-state index contributed by atoms with van der Waals surface area (Å²) in [5, 5.41) is 9.43. The molecule has 0 N–H and O–H groups in total. The van der Waals surface area contributed by atoms with Crippen molar-refractivity contribution in [3.63, 3.8) is 0 Å². The highest BCUT2D eigenvalue weighted by molar-refractivity contribution is 7.99. The van der Waals surface area contributed by atoms with Crippen molar-refractivity contribution in [3.8, 4) is 17.1 Å². The lowest BCUT2D eigenvalue weighted by Gasteiger charge is -2.09. The summed E-state index contributed by atoms with van der Waals surface area (Å²) < 4.78 is 12.8. The van der Waals surface area contributed by atoms with Gasteiger partial charge in [-0.05, 0) is 44.2 Å². The van der Waals surface area contributed by atoms with Crippen LogP contribution >= 0.6 is 23.1 Å². The van der Waals surface area contributed by atoms with E-state index < -0.39 is 0 Å². The van der Waals surface area contributed by atoms with Gasteiger partial charge in [0.05, 0.1) is 25.7 Å². The van der Waals surface area contributed by atoms with Gasteiger partial charge in [0.15, 0.2) is 16.8 Å². The standard InChI is InChI=1S/C22H21N3O3S2/c1-14-10-19(15(2)30-14)20(26)13-29-22-24-23-21(16-6-4-7-17(11-16)27-3)25(22)12-18-8-5-9-28-18/h4-11H,12-13H2,1-3H3. The molecule has 3 heterocycles. The van der Waals surface area contributed by atoms with Crippen molar-refractivity contribution in [2.45, 2.75) is 25.5 Å². The second-order valence-electron chi connectivity index (χ2n) is 6.74. The summed E-state index contributed by atoms with van der Waals surface area (Å²) in [7, 11) is 1.63. The Balaban J connectivity index is 1.63. The molecule has 0 aliphatic heterocycles. The fraction of sp³-hybridized carbons (Fsp3) is 0.227. The van der Waals surface area contributed by atoms with Crippen LogP contribution in [-0.2, 0) is 6.54 Å². The number of thioether (sulfide) groups is 1. The van der Waals surface area contributed by atoms with Gasteiger partial charge in [-0.2, -0.15) is 0 Å². The van der Waals surface area contributed by atoms with Crippen LogP contribution in [0.1, 0.15) is 25.9 Å². The third kappa shape index (κ3) is 4.34. The lowest BCUT2D eigenvalue weighted by atomic mass is 10.2. The van der Waals surface area contributed by atoms with Gasteiger partial charge in [-0.1, -0.05) is 23.9 Å². The summed E-state index contributed by atoms with van der Waals surface area (Å²) in [5.74, 6) is 2.62. The number of furan rings is 1. The van der Waals surface area contributed by atoms with Crippen LogP contribution in [-0.4, -0.2) is 33.4 Å². The Kier molecular flexibility index (Phi) is 6.06. The number of ether oxygens (including phenoxy) is 1. The number of carbonyl (C=O) groups excluding carboxylic acids is 1. The van der Waals surface area contributed by atoms with E-state index in [1.54, 1.807) is 24.7 Å². The number of aromatic nitrogens is 3. The highest BCUT2D eigenvalue weighted by Gasteiger charge is 2.19. The largest absolute Gasteiger partial charge is 0.497 e. The molecule has 0 saturated heterocycles. The minimum absolute atomic E-state index is 0.0947. The van der Waals surface area contributed by atoms with Gasteiger partial charge in [0.25, 0.3) is 0 Å². The number of hydrogen-bond donors (Lipinski definition) is 0. The Labute approximate surface area is 182 Å². The summed E-state index contributed by atoms with van der Waals surface area (Å²) in [6.45, 7) is 4.47. The van der Waals surface area contributed by atoms with Crippen LogP contribution in [0.5, 0.6) is 5.75 Å². The normalized spacial score (nSPS) is 11.0. The smallest absolute Gasteiger partial charge is 0.192 e. The summed E-state index contributed by atoms with van der Waals surface area (Å²) in [6, 6.07) is 13.4. The third-order valence-corrected chi connectivity index (χ3v) is 6.55. The fourth-order valence-electron chi connectivity index (χ4n) is 3.19. The monoisotopic (exact) mass is 439 g/mol. The van der Waals surface area contributed by atoms with Crippen LogP contribution in [0, 0.1) is 13.8 Å². The number of nitrogens with zero attached hydrogens (tertiary/aromatic N) is 3. The summed E-state index contributed by atoms with van der Waals surface area (Å²) in [6.07, 6.45) is 1.64. The molecule has 0 unspecified atom stereocenters. The molecule has 0 amide bonds. The Morgan fingerprint density at radius 1 is 1.20 bits per heavy atom. The summed E-state index contributed by atoms with van der Waals surface area (Å²) >= 11 is 3.03. The molecule has 30 heavy (non-hydrogen) atoms. The molecule has 0 spiro atoms. The van der Waals surface area contributed by atoms with Gasteiger partial charge in [0.2, 0.25) is 0 Å². The van der Waals surface area contributed by atoms with Crippen LogP contribution in [0.4, 0.5) is 0 Å². The van der Waals surface area contributed by atoms with Crippen LogP contribution in [0.2, 0.25) is 0 Å². The number of Topliss-reactive ketones (excluding diaryl/α,β-unsaturated/α-hetero) is 1. The number of thiophene rings is 1. The molecular formula is C22H21N3O3S2. The number of hydrogen-bond acceptors (Lipinski definition) is 7. The first-order chi connectivity index (χ1) is 14.5. The predicted molar refractivity (Wildman–Crippen MR) is 119 cm³/mol. The van der Waals surface area contributed by atoms with Crippen LogP contribution in [0.15, 0.2) is 58.3 Å². The number of aryl methyl sites for hydroxylation is 2. The molecule has 4 aromatic rings. The van der Waals surface area contributed by atoms with Gasteiger partial charge in [0.1, 0.15) is 11.5 Å². The molecule has 0 aliphatic rings. The zero-order valence-corrected chi connectivity index (χ0v) is 18.5. The van der Waals surface area contributed by atoms with E-state index in [0.717, 1.165) is 32.4 Å². The topological polar surface area (TPSA) is 70.2 Å². The lowest BCUT2D eigenvalue weighted by molar-refractivity contribution is 0.102. The molecular weight excluding hydrogens is 418 g/mol. The molecule has 0 aliphatic carbocycles. The minimum atomic E-state index is 0.0947. The Morgan fingerprint density at radius 2 is 2.07 bits per heavy atom. The van der Waals surface area contributed by atoms with E-state index in [4.69, 9.17) is 9.15 Å². The molecule has 0 radical (unpaired) electrons. The number of carbonyl (C=O) groups is 1. The molecule has 4 rings (SSSR count). The number of ketones is 1. The van der Waals surface area contributed by atoms with Gasteiger partial charge in [-0.25, -0.2) is 0 Å². The maximum absolute atomic E-state index is 12.7. The van der Waals surface area contributed by atoms with Gasteiger partial charge in [-0.15, -0.1) is 21.5 Å². The van der Waals surface area contributed by atoms with E-state index in [2.05, 4.69) is 10.2 Å². The average molecular weight is 440 g/mol. The number of benzene rings is 1. The van der Waals surface area contributed by atoms with E-state index >= 15 is 0 Å². The lowest BCUT2D eigenvalue weighted by Crippen LogP contribution is -2.07. The van der Waals surface area contributed by atoms with Crippen LogP contribution in [0.3, 0.4) is 0 Å². The number of rotatable bonds is 8. The maximum Gasteiger partial charge on any atom is 0.192 e. The van der Waals surface area contributed by atoms with Crippen molar-refractivity contribution in [1.29, 1.82) is 0 Å². The van der Waals surface area contributed by atoms with Crippen molar-refractivity contribution >= 4 is 28.9 Å². The zero-order valence-electron chi connectivity index (χ0n) is 16.9. The molecule has 8 heteroatoms. The Hall–Kier alpha value is -2.84. The van der Waals surface area contributed by atoms with Gasteiger partial charge in [-0.3, -0.25) is 9.36 Å². The van der Waals surface area contributed by atoms with Crippen molar-refractivity contribution in [2.75, 3.05) is 12.9 Å². The highest BCUT2D eigenvalue weighted by Crippen LogP contribution is 2.29. The van der Waals surface area contributed by atoms with Crippen LogP contribution in [0.25, 0.3) is 11.4 Å². The Morgan fingerprint density at radius 3 is 2.77 bits per heavy atom. The first kappa shape index (κ1) is 20.4. The molecule has 0 bridgehead atoms. The average Bonchev–Trinajstić information content (AvgIpc) is 3.47. The van der Waals surface area contributed by atoms with E-state index in [9.17, 15) is 4.79 Å². The molecule has 0 saturated carbocycles. The van der Waals surface area contributed by atoms with E-state index in [-0.39, 0.29) is 5.78 Å². The van der Waals surface area contributed by atoms with E-state index in [0.29, 0.717) is 23.3 Å². The quantitative estimate of drug-likeness (QED) is 0.276. The first-order valence-electron chi connectivity index (χ1n) is 9.38. The SMILES string of the molecule is COc1cccc(-c2nnc(SCC(=O)c3cc(C)sc3C)n2Cc2ccco2)c1. The van der Waals surface area contributed by atoms with Crippen molar-refractivity contribution in [3.05, 3.63) is 69.8 Å². The van der Waals surface area contributed by atoms with Crippen molar-refractivity contribution in [2.24, 2.45) is 0 Å². The molecule has 0 atom stereocenters. The van der Waals surface area contributed by atoms with Gasteiger partial charge >= 0.3 is 0 Å². The Bertz CT molecular complexity index is 1160. The predicted octanol–water partition coefficient (Wildman–Crippen LogP) is 5.25. The third-order valence-electron chi connectivity index (χ3n) is 4.61. The van der Waals surface area contributed by atoms with Gasteiger partial charge in [0, 0.05) is 20.9 Å². The minimum Gasteiger partial charge on any atom is -0.497 e. The number of methoxy groups -OCH3 is 1. The molecule has 3 aromatic heterocycles. The molecule has 1 aromatic carbocycles. The van der Waals surface area contributed by atoms with E-state index in [1.165, 1.54) is 11.8 Å². The molecule has 6 nitrogen and oxygen atoms in total. The second kappa shape index (κ2) is 8.89. The van der Waals surface area contributed by atoms with Crippen molar-refractivity contribution < 1.29 is 13.9 Å². The van der Waals surface area contributed by atoms with Crippen molar-refractivity contribution in [1.82, 2.24) is 14.8 Å². The summed E-state index contributed by atoms with van der Waals surface area (Å²) in [4.78, 5) is 14.9. The van der Waals surface area contributed by atoms with Gasteiger partial charge < -0.3 is 9.15 Å². The van der Waals surface area contributed by atoms with E-state index in [1.807, 2.05) is 60.9 Å². The maximum atomic E-state index is 12.7. The highest BCUT2D eigenvalue weighted by atomic mass is 32.2. The molecule has 154 valence electrons. The summed E-state index contributed by atoms with van der Waals surface area (Å²) in [5.41, 5.74) is 1.67.